The summed E-state index contributed by atoms with van der Waals surface area (Å²) in [5.41, 5.74) is 3.98. The molecule has 3 aromatic carbocycles. The predicted octanol–water partition coefficient (Wildman–Crippen LogP) is 8.37. The second-order valence-corrected chi connectivity index (χ2v) is 21.1. The maximum absolute atomic E-state index is 13.9. The van der Waals surface area contributed by atoms with Crippen molar-refractivity contribution in [1.29, 1.82) is 0 Å². The van der Waals surface area contributed by atoms with Gasteiger partial charge in [-0.25, -0.2) is 22.7 Å². The molecular weight excluding hydrogens is 885 g/mol. The van der Waals surface area contributed by atoms with Crippen molar-refractivity contribution in [3.63, 3.8) is 0 Å². The lowest BCUT2D eigenvalue weighted by molar-refractivity contribution is -0.384. The number of allylic oxidation sites excluding steroid dienone is 1. The van der Waals surface area contributed by atoms with Crippen LogP contribution in [0.3, 0.4) is 0 Å². The van der Waals surface area contributed by atoms with Crippen molar-refractivity contribution in [2.24, 2.45) is 10.8 Å². The molecule has 0 spiro atoms. The number of anilines is 2. The second kappa shape index (κ2) is 18.6. The number of phosphoric ester groups is 1. The van der Waals surface area contributed by atoms with Gasteiger partial charge < -0.3 is 29.7 Å². The molecule has 5 aromatic rings. The fourth-order valence-corrected chi connectivity index (χ4v) is 9.47. The number of nitro groups is 1. The van der Waals surface area contributed by atoms with Crippen molar-refractivity contribution in [3.8, 4) is 11.5 Å². The van der Waals surface area contributed by atoms with Crippen LogP contribution < -0.4 is 19.7 Å². The van der Waals surface area contributed by atoms with Gasteiger partial charge in [0.05, 0.1) is 28.2 Å². The first-order chi connectivity index (χ1) is 30.1. The Kier molecular flexibility index (Phi) is 13.6. The number of rotatable bonds is 16. The largest absolute Gasteiger partial charge is 0.469 e. The standard InChI is InChI=1S/C44H51ClN7O10PS/c1-43(2)15-13-31(37(24-43)29-5-7-32(45)8-6-29)26-50-17-19-51(20-18-50)33-9-11-36(40(22-33)62-34-21-30-14-16-46-41(30)47-25-34)42(53)49-64(59,60)35-10-12-38(39(23-35)52(54)55)48-27-44(3,4)28-61-63(56,57)58/h5-12,14,16,21-23,25,48H,13,15,17-20,24,26-28H2,1-4H3,(H,46,47)(H,49,53)(H2,56,57,58). The number of hydrogen-bond acceptors (Lipinski definition) is 12. The number of benzene rings is 3. The van der Waals surface area contributed by atoms with Crippen LogP contribution in [-0.4, -0.2) is 89.8 Å². The first-order valence-corrected chi connectivity index (χ1v) is 24.0. The van der Waals surface area contributed by atoms with Gasteiger partial charge in [-0.3, -0.25) is 24.3 Å². The van der Waals surface area contributed by atoms with E-state index in [2.05, 4.69) is 55.6 Å². The molecule has 0 atom stereocenters. The SMILES string of the molecule is CC(C)(CNc1ccc(S(=O)(=O)NC(=O)c2ccc(N3CCN(CC4=C(c5ccc(Cl)cc5)CC(C)(C)CC4)CC3)cc2Oc2cnc3[nH]ccc3c2)cc1[N+](=O)[O-])COP(=O)(O)O. The van der Waals surface area contributed by atoms with E-state index in [1.807, 2.05) is 22.9 Å². The zero-order valence-electron chi connectivity index (χ0n) is 35.8. The number of phosphoric acid groups is 1. The monoisotopic (exact) mass is 935 g/mol. The molecular formula is C44H51ClN7O10PS. The number of piperazine rings is 1. The number of carbonyl (C=O) groups excluding carboxylic acids is 1. The molecule has 20 heteroatoms. The smallest absolute Gasteiger partial charge is 0.455 e. The lowest BCUT2D eigenvalue weighted by atomic mass is 9.72. The number of nitro benzene ring substituents is 1. The van der Waals surface area contributed by atoms with Crippen LogP contribution in [-0.2, 0) is 19.1 Å². The lowest BCUT2D eigenvalue weighted by Gasteiger charge is -2.39. The Labute approximate surface area is 376 Å². The molecule has 0 unspecified atom stereocenters. The van der Waals surface area contributed by atoms with E-state index >= 15 is 0 Å². The maximum atomic E-state index is 13.9. The number of hydrogen-bond donors (Lipinski definition) is 5. The summed E-state index contributed by atoms with van der Waals surface area (Å²) in [5.74, 6) is -0.650. The number of carbonyl (C=O) groups is 1. The summed E-state index contributed by atoms with van der Waals surface area (Å²) in [6.07, 6.45) is 6.35. The third kappa shape index (κ3) is 11.7. The van der Waals surface area contributed by atoms with E-state index in [9.17, 15) is 27.9 Å². The average molecular weight is 936 g/mol. The molecule has 340 valence electrons. The summed E-state index contributed by atoms with van der Waals surface area (Å²) in [6.45, 7) is 11.3. The van der Waals surface area contributed by atoms with E-state index in [1.165, 1.54) is 35.0 Å². The van der Waals surface area contributed by atoms with Gasteiger partial charge in [-0.1, -0.05) is 57.0 Å². The third-order valence-electron chi connectivity index (χ3n) is 11.4. The van der Waals surface area contributed by atoms with Gasteiger partial charge >= 0.3 is 7.82 Å². The quantitative estimate of drug-likeness (QED) is 0.0356. The Morgan fingerprint density at radius 2 is 1.78 bits per heavy atom. The minimum Gasteiger partial charge on any atom is -0.455 e. The highest BCUT2D eigenvalue weighted by atomic mass is 35.5. The molecule has 1 amide bonds. The lowest BCUT2D eigenvalue weighted by Crippen LogP contribution is -2.47. The molecule has 5 N–H and O–H groups in total. The van der Waals surface area contributed by atoms with Crippen molar-refractivity contribution < 1.29 is 41.7 Å². The molecule has 0 saturated carbocycles. The molecule has 0 bridgehead atoms. The molecule has 64 heavy (non-hydrogen) atoms. The summed E-state index contributed by atoms with van der Waals surface area (Å²) >= 11 is 6.23. The Bertz CT molecular complexity index is 2750. The van der Waals surface area contributed by atoms with Gasteiger partial charge in [0.25, 0.3) is 21.6 Å². The minimum absolute atomic E-state index is 0.0273. The predicted molar refractivity (Wildman–Crippen MR) is 245 cm³/mol. The van der Waals surface area contributed by atoms with Gasteiger partial charge in [0.2, 0.25) is 0 Å². The van der Waals surface area contributed by atoms with E-state index in [0.29, 0.717) is 29.5 Å². The molecule has 2 aliphatic rings. The van der Waals surface area contributed by atoms with Crippen LogP contribution in [0, 0.1) is 20.9 Å². The number of nitrogens with zero attached hydrogens (tertiary/aromatic N) is 4. The van der Waals surface area contributed by atoms with Crippen LogP contribution in [0.1, 0.15) is 62.9 Å². The Hall–Kier alpha value is -5.33. The molecule has 0 radical (unpaired) electrons. The van der Waals surface area contributed by atoms with Crippen LogP contribution in [0.2, 0.25) is 5.02 Å². The number of aromatic nitrogens is 2. The van der Waals surface area contributed by atoms with Gasteiger partial charge in [0, 0.05) is 79.1 Å². The first-order valence-electron chi connectivity index (χ1n) is 20.6. The number of H-pyrrole nitrogens is 1. The van der Waals surface area contributed by atoms with E-state index in [4.69, 9.17) is 26.1 Å². The van der Waals surface area contributed by atoms with Crippen LogP contribution in [0.4, 0.5) is 17.1 Å². The summed E-state index contributed by atoms with van der Waals surface area (Å²) in [4.78, 5) is 54.9. The summed E-state index contributed by atoms with van der Waals surface area (Å²) in [6, 6.07) is 19.7. The normalized spacial score (nSPS) is 16.2. The van der Waals surface area contributed by atoms with Crippen LogP contribution in [0.5, 0.6) is 11.5 Å². The molecule has 7 rings (SSSR count). The molecule has 3 heterocycles. The number of pyridine rings is 1. The number of aromatic amines is 1. The molecule has 17 nitrogen and oxygen atoms in total. The highest BCUT2D eigenvalue weighted by molar-refractivity contribution is 7.90. The molecule has 2 aromatic heterocycles. The van der Waals surface area contributed by atoms with Crippen molar-refractivity contribution in [2.75, 3.05) is 56.1 Å². The van der Waals surface area contributed by atoms with Gasteiger partial charge in [-0.05, 0) is 84.3 Å². The van der Waals surface area contributed by atoms with Crippen molar-refractivity contribution in [3.05, 3.63) is 117 Å². The van der Waals surface area contributed by atoms with Crippen molar-refractivity contribution >= 4 is 69.0 Å². The topological polar surface area (TPSA) is 230 Å². The number of nitrogens with one attached hydrogen (secondary N) is 3. The zero-order chi connectivity index (χ0) is 46.0. The third-order valence-corrected chi connectivity index (χ3v) is 13.5. The number of ether oxygens (including phenoxy) is 1. The van der Waals surface area contributed by atoms with Crippen LogP contribution in [0.25, 0.3) is 16.6 Å². The summed E-state index contributed by atoms with van der Waals surface area (Å²) in [5, 5.41) is 16.4. The Balaban J connectivity index is 1.09. The highest BCUT2D eigenvalue weighted by Gasteiger charge is 2.31. The summed E-state index contributed by atoms with van der Waals surface area (Å²) < 4.78 is 51.5. The molecule has 1 saturated heterocycles. The van der Waals surface area contributed by atoms with E-state index in [0.717, 1.165) is 62.1 Å². The maximum Gasteiger partial charge on any atom is 0.469 e. The van der Waals surface area contributed by atoms with Gasteiger partial charge in [0.1, 0.15) is 22.8 Å². The van der Waals surface area contributed by atoms with Crippen molar-refractivity contribution in [1.82, 2.24) is 19.6 Å². The average Bonchev–Trinajstić information content (AvgIpc) is 3.71. The zero-order valence-corrected chi connectivity index (χ0v) is 38.3. The highest BCUT2D eigenvalue weighted by Crippen LogP contribution is 2.44. The number of fused-ring (bicyclic) bond motifs is 1. The number of halogens is 1. The first kappa shape index (κ1) is 46.7. The van der Waals surface area contributed by atoms with Gasteiger partial charge in [-0.15, -0.1) is 0 Å². The molecule has 1 aliphatic carbocycles. The summed E-state index contributed by atoms with van der Waals surface area (Å²) in [7, 11) is -9.43. The van der Waals surface area contributed by atoms with Crippen molar-refractivity contribution in [2.45, 2.75) is 51.9 Å². The number of sulfonamides is 1. The van der Waals surface area contributed by atoms with Crippen LogP contribution >= 0.6 is 19.4 Å². The van der Waals surface area contributed by atoms with E-state index in [-0.39, 0.29) is 35.6 Å². The molecule has 1 fully saturated rings. The Morgan fingerprint density at radius 1 is 1.05 bits per heavy atom. The fraction of sp³-hybridized carbons (Fsp3) is 0.364. The van der Waals surface area contributed by atoms with E-state index < -0.39 is 44.7 Å². The Morgan fingerprint density at radius 3 is 2.48 bits per heavy atom. The fourth-order valence-electron chi connectivity index (χ4n) is 7.84. The van der Waals surface area contributed by atoms with E-state index in [1.54, 1.807) is 38.2 Å². The minimum atomic E-state index is -4.76. The van der Waals surface area contributed by atoms with Gasteiger partial charge in [0.15, 0.2) is 0 Å². The molecule has 1 aliphatic heterocycles. The number of amides is 1. The second-order valence-electron chi connectivity index (χ2n) is 17.7. The van der Waals surface area contributed by atoms with Crippen LogP contribution in [0.15, 0.2) is 95.7 Å². The van der Waals surface area contributed by atoms with Gasteiger partial charge in [-0.2, -0.15) is 0 Å².